The highest BCUT2D eigenvalue weighted by molar-refractivity contribution is 5.84. The first-order valence-electron chi connectivity index (χ1n) is 6.04. The number of nitrogen functional groups attached to an aromatic ring is 1. The number of pyridine rings is 1. The number of nitro groups is 1. The molecule has 0 aliphatic rings. The summed E-state index contributed by atoms with van der Waals surface area (Å²) >= 11 is 0. The van der Waals surface area contributed by atoms with Gasteiger partial charge in [-0.25, -0.2) is 10.8 Å². The monoisotopic (exact) mass is 282 g/mol. The van der Waals surface area contributed by atoms with Crippen LogP contribution in [-0.4, -0.2) is 40.3 Å². The molecule has 20 heavy (non-hydrogen) atoms. The molecule has 9 heteroatoms. The van der Waals surface area contributed by atoms with Crippen LogP contribution >= 0.6 is 0 Å². The Morgan fingerprint density at radius 2 is 2.25 bits per heavy atom. The van der Waals surface area contributed by atoms with E-state index in [4.69, 9.17) is 5.84 Å². The second-order valence-corrected chi connectivity index (χ2v) is 4.18. The Labute approximate surface area is 116 Å². The van der Waals surface area contributed by atoms with Crippen molar-refractivity contribution in [1.82, 2.24) is 9.88 Å². The van der Waals surface area contributed by atoms with Crippen molar-refractivity contribution >= 4 is 23.2 Å². The molecule has 110 valence electrons. The molecule has 0 saturated heterocycles. The molecule has 1 amide bonds. The maximum absolute atomic E-state index is 11.9. The minimum atomic E-state index is -0.640. The van der Waals surface area contributed by atoms with Crippen molar-refractivity contribution in [2.75, 3.05) is 24.3 Å². The lowest BCUT2D eigenvalue weighted by Crippen LogP contribution is -2.39. The van der Waals surface area contributed by atoms with Crippen molar-refractivity contribution in [2.45, 2.75) is 19.9 Å². The van der Waals surface area contributed by atoms with E-state index in [1.807, 2.05) is 6.92 Å². The number of nitrogens with zero attached hydrogens (tertiary/aromatic N) is 3. The van der Waals surface area contributed by atoms with Crippen LogP contribution in [-0.2, 0) is 4.79 Å². The average molecular weight is 282 g/mol. The summed E-state index contributed by atoms with van der Waals surface area (Å²) in [6.45, 7) is 4.00. The summed E-state index contributed by atoms with van der Waals surface area (Å²) in [5.41, 5.74) is 2.08. The Hall–Kier alpha value is -2.42. The molecule has 0 saturated carbocycles. The number of anilines is 2. The molecule has 0 bridgehead atoms. The molecule has 1 heterocycles. The smallest absolute Gasteiger partial charge is 0.311 e. The topological polar surface area (TPSA) is 126 Å². The van der Waals surface area contributed by atoms with Crippen molar-refractivity contribution in [3.63, 3.8) is 0 Å². The summed E-state index contributed by atoms with van der Waals surface area (Å²) in [6.07, 6.45) is 0. The standard InChI is InChI=1S/C11H18N6O3/c1-4-16(3)11(18)7(2)13-10-8(17(19)20)5-6-9(14-10)15-12/h5-7H,4,12H2,1-3H3,(H2,13,14,15). The molecule has 9 nitrogen and oxygen atoms in total. The van der Waals surface area contributed by atoms with Gasteiger partial charge >= 0.3 is 5.69 Å². The van der Waals surface area contributed by atoms with Gasteiger partial charge in [-0.15, -0.1) is 0 Å². The summed E-state index contributed by atoms with van der Waals surface area (Å²) < 4.78 is 0. The van der Waals surface area contributed by atoms with Gasteiger partial charge in [-0.05, 0) is 19.9 Å². The van der Waals surface area contributed by atoms with Crippen molar-refractivity contribution < 1.29 is 9.72 Å². The van der Waals surface area contributed by atoms with Crippen LogP contribution in [0.4, 0.5) is 17.3 Å². The van der Waals surface area contributed by atoms with E-state index >= 15 is 0 Å². The number of hydrogen-bond acceptors (Lipinski definition) is 7. The van der Waals surface area contributed by atoms with Gasteiger partial charge in [-0.3, -0.25) is 14.9 Å². The molecular weight excluding hydrogens is 264 g/mol. The third kappa shape index (κ3) is 3.54. The van der Waals surface area contributed by atoms with E-state index in [-0.39, 0.29) is 23.2 Å². The Balaban J connectivity index is 3.00. The zero-order valence-corrected chi connectivity index (χ0v) is 11.6. The lowest BCUT2D eigenvalue weighted by Gasteiger charge is -2.21. The van der Waals surface area contributed by atoms with Crippen molar-refractivity contribution in [3.8, 4) is 0 Å². The van der Waals surface area contributed by atoms with E-state index in [0.717, 1.165) is 0 Å². The lowest BCUT2D eigenvalue weighted by atomic mass is 10.2. The van der Waals surface area contributed by atoms with Crippen LogP contribution < -0.4 is 16.6 Å². The summed E-state index contributed by atoms with van der Waals surface area (Å²) in [6, 6.07) is 2.01. The maximum atomic E-state index is 11.9. The van der Waals surface area contributed by atoms with Crippen molar-refractivity contribution in [3.05, 3.63) is 22.2 Å². The van der Waals surface area contributed by atoms with E-state index in [2.05, 4.69) is 15.7 Å². The van der Waals surface area contributed by atoms with Crippen LogP contribution in [0.2, 0.25) is 0 Å². The van der Waals surface area contributed by atoms with Gasteiger partial charge in [0.1, 0.15) is 11.9 Å². The van der Waals surface area contributed by atoms with Gasteiger partial charge in [0.15, 0.2) is 0 Å². The van der Waals surface area contributed by atoms with Crippen LogP contribution in [0.3, 0.4) is 0 Å². The van der Waals surface area contributed by atoms with E-state index in [1.54, 1.807) is 14.0 Å². The van der Waals surface area contributed by atoms with E-state index < -0.39 is 11.0 Å². The minimum Gasteiger partial charge on any atom is -0.353 e. The minimum absolute atomic E-state index is 0.00389. The highest BCUT2D eigenvalue weighted by Gasteiger charge is 2.22. The number of likely N-dealkylation sites (N-methyl/N-ethyl adjacent to an activating group) is 1. The number of nitrogens with one attached hydrogen (secondary N) is 2. The summed E-state index contributed by atoms with van der Waals surface area (Å²) in [5.74, 6) is 5.30. The maximum Gasteiger partial charge on any atom is 0.311 e. The third-order valence-electron chi connectivity index (χ3n) is 2.79. The number of nitrogens with two attached hydrogens (primary N) is 1. The van der Waals surface area contributed by atoms with Gasteiger partial charge in [0.2, 0.25) is 11.7 Å². The lowest BCUT2D eigenvalue weighted by molar-refractivity contribution is -0.384. The zero-order chi connectivity index (χ0) is 15.3. The van der Waals surface area contributed by atoms with Gasteiger partial charge in [0, 0.05) is 19.7 Å². The third-order valence-corrected chi connectivity index (χ3v) is 2.79. The predicted octanol–water partition coefficient (Wildman–Crippen LogP) is 0.554. The summed E-state index contributed by atoms with van der Waals surface area (Å²) in [4.78, 5) is 27.8. The number of hydrogen-bond donors (Lipinski definition) is 3. The second-order valence-electron chi connectivity index (χ2n) is 4.18. The molecule has 0 aromatic carbocycles. The summed E-state index contributed by atoms with van der Waals surface area (Å²) in [5, 5.41) is 13.7. The number of hydrazine groups is 1. The molecule has 0 aliphatic heterocycles. The number of carbonyl (C=O) groups is 1. The first kappa shape index (κ1) is 15.6. The number of aromatic nitrogens is 1. The van der Waals surface area contributed by atoms with E-state index in [0.29, 0.717) is 6.54 Å². The molecule has 4 N–H and O–H groups in total. The molecule has 1 unspecified atom stereocenters. The molecule has 1 rings (SSSR count). The average Bonchev–Trinajstić information content (AvgIpc) is 2.44. The van der Waals surface area contributed by atoms with Crippen LogP contribution in [0.15, 0.2) is 12.1 Å². The van der Waals surface area contributed by atoms with Crippen molar-refractivity contribution in [2.24, 2.45) is 5.84 Å². The molecule has 0 radical (unpaired) electrons. The largest absolute Gasteiger partial charge is 0.353 e. The van der Waals surface area contributed by atoms with Gasteiger partial charge in [0.25, 0.3) is 0 Å². The van der Waals surface area contributed by atoms with E-state index in [9.17, 15) is 14.9 Å². The van der Waals surface area contributed by atoms with Gasteiger partial charge < -0.3 is 15.6 Å². The second kappa shape index (κ2) is 6.66. The molecule has 1 aromatic rings. The number of amides is 1. The quantitative estimate of drug-likeness (QED) is 0.395. The fourth-order valence-electron chi connectivity index (χ4n) is 1.54. The Kier molecular flexibility index (Phi) is 5.21. The Morgan fingerprint density at radius 3 is 2.75 bits per heavy atom. The van der Waals surface area contributed by atoms with Gasteiger partial charge in [0.05, 0.1) is 4.92 Å². The molecule has 1 atom stereocenters. The van der Waals surface area contributed by atoms with Crippen LogP contribution in [0.5, 0.6) is 0 Å². The molecule has 0 spiro atoms. The van der Waals surface area contributed by atoms with Crippen LogP contribution in [0.25, 0.3) is 0 Å². The Morgan fingerprint density at radius 1 is 1.60 bits per heavy atom. The van der Waals surface area contributed by atoms with Crippen LogP contribution in [0, 0.1) is 10.1 Å². The fraction of sp³-hybridized carbons (Fsp3) is 0.455. The highest BCUT2D eigenvalue weighted by atomic mass is 16.6. The zero-order valence-electron chi connectivity index (χ0n) is 11.6. The van der Waals surface area contributed by atoms with Gasteiger partial charge in [-0.1, -0.05) is 0 Å². The fourth-order valence-corrected chi connectivity index (χ4v) is 1.54. The Bertz CT molecular complexity index is 507. The van der Waals surface area contributed by atoms with Crippen LogP contribution in [0.1, 0.15) is 13.8 Å². The normalized spacial score (nSPS) is 11.6. The molecule has 0 fully saturated rings. The SMILES string of the molecule is CCN(C)C(=O)C(C)Nc1nc(NN)ccc1[N+](=O)[O-]. The first-order chi connectivity index (χ1) is 9.40. The van der Waals surface area contributed by atoms with Crippen molar-refractivity contribution in [1.29, 1.82) is 0 Å². The number of carbonyl (C=O) groups excluding carboxylic acids is 1. The molecular formula is C11H18N6O3. The number of rotatable bonds is 6. The molecule has 0 aliphatic carbocycles. The predicted molar refractivity (Wildman–Crippen MR) is 75.1 cm³/mol. The summed E-state index contributed by atoms with van der Waals surface area (Å²) in [7, 11) is 1.65. The molecule has 1 aromatic heterocycles. The highest BCUT2D eigenvalue weighted by Crippen LogP contribution is 2.24. The first-order valence-corrected chi connectivity index (χ1v) is 6.04. The van der Waals surface area contributed by atoms with E-state index in [1.165, 1.54) is 17.0 Å². The van der Waals surface area contributed by atoms with Gasteiger partial charge in [-0.2, -0.15) is 0 Å².